The number of quaternary nitrogens is 1. The normalized spacial score (nSPS) is 16.3. The van der Waals surface area contributed by atoms with Crippen molar-refractivity contribution in [2.45, 2.75) is 31.5 Å². The Kier molecular flexibility index (Phi) is 6.16. The van der Waals surface area contributed by atoms with Crippen LogP contribution in [-0.4, -0.2) is 25.5 Å². The SMILES string of the molecule is O=C(Cc1cccc(C(F)(F)F)c1)NC[C@@H](c1ccccc1)[NH+]1CCCC1. The maximum absolute atomic E-state index is 12.8. The largest absolute Gasteiger partial charge is 0.416 e. The van der Waals surface area contributed by atoms with Gasteiger partial charge >= 0.3 is 6.18 Å². The Morgan fingerprint density at radius 2 is 1.74 bits per heavy atom. The standard InChI is InChI=1S/C21H23F3N2O/c22-21(23,24)18-10-6-7-16(13-18)14-20(27)25-15-19(26-11-4-5-12-26)17-8-2-1-3-9-17/h1-3,6-10,13,19H,4-5,11-12,14-15H2,(H,25,27)/p+1/t19-/m0/s1. The Hall–Kier alpha value is -2.34. The molecule has 1 aliphatic heterocycles. The van der Waals surface area contributed by atoms with Gasteiger partial charge in [0.1, 0.15) is 6.04 Å². The highest BCUT2D eigenvalue weighted by Crippen LogP contribution is 2.29. The minimum absolute atomic E-state index is 0.0548. The van der Waals surface area contributed by atoms with E-state index in [9.17, 15) is 18.0 Å². The number of hydrogen-bond donors (Lipinski definition) is 2. The van der Waals surface area contributed by atoms with Crippen LogP contribution in [0.1, 0.15) is 35.6 Å². The maximum Gasteiger partial charge on any atom is 0.416 e. The quantitative estimate of drug-likeness (QED) is 0.798. The first-order chi connectivity index (χ1) is 12.9. The average molecular weight is 377 g/mol. The average Bonchev–Trinajstić information content (AvgIpc) is 3.17. The minimum atomic E-state index is -4.40. The zero-order chi connectivity index (χ0) is 19.3. The molecule has 2 aromatic rings. The van der Waals surface area contributed by atoms with E-state index < -0.39 is 11.7 Å². The van der Waals surface area contributed by atoms with Crippen molar-refractivity contribution in [2.75, 3.05) is 19.6 Å². The van der Waals surface area contributed by atoms with Crippen LogP contribution in [0.25, 0.3) is 0 Å². The molecular formula is C21H24F3N2O+. The van der Waals surface area contributed by atoms with Gasteiger partial charge in [0.25, 0.3) is 0 Å². The van der Waals surface area contributed by atoms with Crippen molar-refractivity contribution in [1.82, 2.24) is 5.32 Å². The lowest BCUT2D eigenvalue weighted by Crippen LogP contribution is -3.11. The number of rotatable bonds is 6. The van der Waals surface area contributed by atoms with Crippen LogP contribution in [0, 0.1) is 0 Å². The van der Waals surface area contributed by atoms with E-state index in [1.54, 1.807) is 6.07 Å². The molecule has 0 unspecified atom stereocenters. The van der Waals surface area contributed by atoms with Crippen LogP contribution in [0.2, 0.25) is 0 Å². The van der Waals surface area contributed by atoms with Gasteiger partial charge < -0.3 is 10.2 Å². The first-order valence-corrected chi connectivity index (χ1v) is 9.26. The molecule has 1 atom stereocenters. The van der Waals surface area contributed by atoms with Crippen LogP contribution in [0.15, 0.2) is 54.6 Å². The van der Waals surface area contributed by atoms with Crippen molar-refractivity contribution in [3.8, 4) is 0 Å². The molecule has 144 valence electrons. The van der Waals surface area contributed by atoms with E-state index in [1.807, 2.05) is 18.2 Å². The predicted molar refractivity (Wildman–Crippen MR) is 97.3 cm³/mol. The number of alkyl halides is 3. The number of carbonyl (C=O) groups excluding carboxylic acids is 1. The van der Waals surface area contributed by atoms with Crippen LogP contribution in [0.3, 0.4) is 0 Å². The summed E-state index contributed by atoms with van der Waals surface area (Å²) in [4.78, 5) is 13.8. The molecule has 1 heterocycles. The maximum atomic E-state index is 12.8. The first kappa shape index (κ1) is 19.4. The van der Waals surface area contributed by atoms with E-state index in [-0.39, 0.29) is 18.4 Å². The third-order valence-corrected chi connectivity index (χ3v) is 5.06. The molecule has 1 saturated heterocycles. The second kappa shape index (κ2) is 8.57. The highest BCUT2D eigenvalue weighted by molar-refractivity contribution is 5.78. The Balaban J connectivity index is 1.63. The molecule has 1 fully saturated rings. The minimum Gasteiger partial charge on any atom is -0.349 e. The van der Waals surface area contributed by atoms with E-state index in [2.05, 4.69) is 17.4 Å². The van der Waals surface area contributed by atoms with Gasteiger partial charge in [-0.3, -0.25) is 4.79 Å². The number of halogens is 3. The summed E-state index contributed by atoms with van der Waals surface area (Å²) in [5, 5.41) is 2.92. The van der Waals surface area contributed by atoms with Gasteiger partial charge in [-0.2, -0.15) is 13.2 Å². The Morgan fingerprint density at radius 1 is 1.04 bits per heavy atom. The summed E-state index contributed by atoms with van der Waals surface area (Å²) in [5.74, 6) is -0.256. The summed E-state index contributed by atoms with van der Waals surface area (Å²) >= 11 is 0. The molecule has 3 rings (SSSR count). The van der Waals surface area contributed by atoms with Gasteiger partial charge in [-0.05, 0) is 11.6 Å². The molecule has 0 aromatic heterocycles. The molecule has 0 saturated carbocycles. The number of carbonyl (C=O) groups is 1. The highest BCUT2D eigenvalue weighted by atomic mass is 19.4. The summed E-state index contributed by atoms with van der Waals surface area (Å²) in [6, 6.07) is 15.2. The fraction of sp³-hybridized carbons (Fsp3) is 0.381. The summed E-state index contributed by atoms with van der Waals surface area (Å²) in [6.07, 6.45) is -2.10. The Labute approximate surface area is 157 Å². The highest BCUT2D eigenvalue weighted by Gasteiger charge is 2.31. The van der Waals surface area contributed by atoms with Crippen molar-refractivity contribution in [2.24, 2.45) is 0 Å². The molecule has 2 N–H and O–H groups in total. The lowest BCUT2D eigenvalue weighted by atomic mass is 10.0. The topological polar surface area (TPSA) is 33.5 Å². The van der Waals surface area contributed by atoms with Gasteiger partial charge in [0.05, 0.1) is 31.6 Å². The van der Waals surface area contributed by atoms with Gasteiger partial charge in [0, 0.05) is 18.4 Å². The van der Waals surface area contributed by atoms with Crippen LogP contribution in [0.5, 0.6) is 0 Å². The molecule has 27 heavy (non-hydrogen) atoms. The fourth-order valence-corrected chi connectivity index (χ4v) is 3.68. The van der Waals surface area contributed by atoms with Crippen molar-refractivity contribution < 1.29 is 22.9 Å². The molecule has 2 aromatic carbocycles. The summed E-state index contributed by atoms with van der Waals surface area (Å²) < 4.78 is 38.4. The molecule has 0 radical (unpaired) electrons. The summed E-state index contributed by atoms with van der Waals surface area (Å²) in [5.41, 5.74) is 0.817. The van der Waals surface area contributed by atoms with Crippen LogP contribution in [-0.2, 0) is 17.4 Å². The molecule has 6 heteroatoms. The fourth-order valence-electron chi connectivity index (χ4n) is 3.68. The van der Waals surface area contributed by atoms with Gasteiger partial charge in [-0.15, -0.1) is 0 Å². The van der Waals surface area contributed by atoms with E-state index in [0.29, 0.717) is 12.1 Å². The van der Waals surface area contributed by atoms with Gasteiger partial charge in [-0.25, -0.2) is 0 Å². The van der Waals surface area contributed by atoms with Gasteiger partial charge in [0.15, 0.2) is 0 Å². The zero-order valence-corrected chi connectivity index (χ0v) is 15.1. The van der Waals surface area contributed by atoms with E-state index in [4.69, 9.17) is 0 Å². The van der Waals surface area contributed by atoms with Gasteiger partial charge in [0.2, 0.25) is 5.91 Å². The summed E-state index contributed by atoms with van der Waals surface area (Å²) in [7, 11) is 0. The van der Waals surface area contributed by atoms with Crippen LogP contribution in [0.4, 0.5) is 13.2 Å². The monoisotopic (exact) mass is 377 g/mol. The Morgan fingerprint density at radius 3 is 2.41 bits per heavy atom. The molecule has 0 spiro atoms. The summed E-state index contributed by atoms with van der Waals surface area (Å²) in [6.45, 7) is 2.63. The second-order valence-electron chi connectivity index (χ2n) is 7.01. The van der Waals surface area contributed by atoms with Crippen molar-refractivity contribution >= 4 is 5.91 Å². The molecule has 1 amide bonds. The van der Waals surface area contributed by atoms with Crippen molar-refractivity contribution in [3.05, 3.63) is 71.3 Å². The van der Waals surface area contributed by atoms with Gasteiger partial charge in [-0.1, -0.05) is 48.5 Å². The van der Waals surface area contributed by atoms with Crippen molar-refractivity contribution in [3.63, 3.8) is 0 Å². The molecule has 0 aliphatic carbocycles. The second-order valence-corrected chi connectivity index (χ2v) is 7.01. The number of hydrogen-bond acceptors (Lipinski definition) is 1. The zero-order valence-electron chi connectivity index (χ0n) is 15.1. The number of likely N-dealkylation sites (tertiary alicyclic amines) is 1. The van der Waals surface area contributed by atoms with E-state index >= 15 is 0 Å². The predicted octanol–water partition coefficient (Wildman–Crippen LogP) is 2.78. The van der Waals surface area contributed by atoms with Crippen molar-refractivity contribution in [1.29, 1.82) is 0 Å². The molecule has 3 nitrogen and oxygen atoms in total. The third kappa shape index (κ3) is 5.32. The number of amides is 1. The van der Waals surface area contributed by atoms with Crippen LogP contribution < -0.4 is 10.2 Å². The Bertz CT molecular complexity index is 756. The lowest BCUT2D eigenvalue weighted by Gasteiger charge is -2.25. The number of nitrogens with one attached hydrogen (secondary N) is 2. The number of benzene rings is 2. The first-order valence-electron chi connectivity index (χ1n) is 9.26. The van der Waals surface area contributed by atoms with E-state index in [0.717, 1.165) is 25.2 Å². The molecular weight excluding hydrogens is 353 g/mol. The van der Waals surface area contributed by atoms with E-state index in [1.165, 1.54) is 29.4 Å². The lowest BCUT2D eigenvalue weighted by molar-refractivity contribution is -0.918. The molecule has 1 aliphatic rings. The molecule has 0 bridgehead atoms. The smallest absolute Gasteiger partial charge is 0.349 e. The third-order valence-electron chi connectivity index (χ3n) is 5.06. The van der Waals surface area contributed by atoms with Crippen LogP contribution >= 0.6 is 0 Å².